The van der Waals surface area contributed by atoms with E-state index < -0.39 is 11.7 Å². The lowest BCUT2D eigenvalue weighted by Crippen LogP contribution is -2.04. The molecule has 0 bridgehead atoms. The molecular weight excluding hydrogens is 265 g/mol. The molecule has 2 rings (SSSR count). The first kappa shape index (κ1) is 13.2. The Hall–Kier alpha value is -1.21. The monoisotopic (exact) mass is 276 g/mol. The maximum Gasteiger partial charge on any atom is 0.416 e. The Balaban J connectivity index is 2.23. The average Bonchev–Trinajstić information content (AvgIpc) is 2.69. The molecule has 1 heterocycles. The number of fused-ring (bicyclic) bond motifs is 1. The number of aromatic nitrogens is 2. The fraction of sp³-hybridized carbons (Fsp3) is 0.364. The van der Waals surface area contributed by atoms with Crippen LogP contribution in [0.4, 0.5) is 13.2 Å². The number of alkyl halides is 3. The highest BCUT2D eigenvalue weighted by Crippen LogP contribution is 2.31. The van der Waals surface area contributed by atoms with Crippen molar-refractivity contribution in [3.05, 3.63) is 23.8 Å². The lowest BCUT2D eigenvalue weighted by Gasteiger charge is -2.05. The smallest absolute Gasteiger partial charge is 0.396 e. The number of nitrogens with one attached hydrogen (secondary N) is 1. The lowest BCUT2D eigenvalue weighted by molar-refractivity contribution is -0.137. The molecular formula is C11H11F3N2OS. The van der Waals surface area contributed by atoms with E-state index in [0.29, 0.717) is 28.4 Å². The molecule has 0 aliphatic heterocycles. The zero-order valence-electron chi connectivity index (χ0n) is 9.29. The van der Waals surface area contributed by atoms with Crippen LogP contribution in [0.5, 0.6) is 0 Å². The van der Waals surface area contributed by atoms with Gasteiger partial charge in [0.05, 0.1) is 16.6 Å². The van der Waals surface area contributed by atoms with Gasteiger partial charge in [0.2, 0.25) is 0 Å². The molecule has 0 radical (unpaired) electrons. The second kappa shape index (κ2) is 5.19. The molecule has 2 aromatic rings. The summed E-state index contributed by atoms with van der Waals surface area (Å²) < 4.78 is 37.5. The van der Waals surface area contributed by atoms with Crippen molar-refractivity contribution in [2.75, 3.05) is 12.4 Å². The van der Waals surface area contributed by atoms with Gasteiger partial charge < -0.3 is 10.1 Å². The zero-order chi connectivity index (χ0) is 13.2. The van der Waals surface area contributed by atoms with Gasteiger partial charge in [0.25, 0.3) is 0 Å². The molecule has 98 valence electrons. The summed E-state index contributed by atoms with van der Waals surface area (Å²) >= 11 is 1.38. The molecule has 0 saturated heterocycles. The standard InChI is InChI=1S/C11H11F3N2OS/c12-11(13,14)7-2-3-8-9(6-7)16-10(15-8)18-5-1-4-17/h2-3,6,17H,1,4-5H2,(H,15,16). The summed E-state index contributed by atoms with van der Waals surface area (Å²) in [5, 5.41) is 9.21. The van der Waals surface area contributed by atoms with Crippen LogP contribution in [0.2, 0.25) is 0 Å². The number of imidazole rings is 1. The molecule has 0 unspecified atom stereocenters. The van der Waals surface area contributed by atoms with E-state index in [2.05, 4.69) is 9.97 Å². The highest BCUT2D eigenvalue weighted by Gasteiger charge is 2.30. The van der Waals surface area contributed by atoms with Crippen LogP contribution in [0.25, 0.3) is 11.0 Å². The number of hydrogen-bond acceptors (Lipinski definition) is 3. The third kappa shape index (κ3) is 2.97. The number of aromatic amines is 1. The van der Waals surface area contributed by atoms with Crippen molar-refractivity contribution >= 4 is 22.8 Å². The predicted molar refractivity (Wildman–Crippen MR) is 63.5 cm³/mol. The third-order valence-corrected chi connectivity index (χ3v) is 3.29. The molecule has 3 nitrogen and oxygen atoms in total. The van der Waals surface area contributed by atoms with Crippen LogP contribution in [0.3, 0.4) is 0 Å². The number of hydrogen-bond donors (Lipinski definition) is 2. The lowest BCUT2D eigenvalue weighted by atomic mass is 10.2. The summed E-state index contributed by atoms with van der Waals surface area (Å²) in [7, 11) is 0. The van der Waals surface area contributed by atoms with Crippen molar-refractivity contribution < 1.29 is 18.3 Å². The highest BCUT2D eigenvalue weighted by atomic mass is 32.2. The van der Waals surface area contributed by atoms with E-state index in [0.717, 1.165) is 12.1 Å². The molecule has 18 heavy (non-hydrogen) atoms. The number of H-pyrrole nitrogens is 1. The van der Waals surface area contributed by atoms with Crippen molar-refractivity contribution in [2.24, 2.45) is 0 Å². The second-order valence-electron chi connectivity index (χ2n) is 3.70. The van der Waals surface area contributed by atoms with E-state index in [1.807, 2.05) is 0 Å². The van der Waals surface area contributed by atoms with Crippen LogP contribution in [0.1, 0.15) is 12.0 Å². The van der Waals surface area contributed by atoms with Crippen LogP contribution >= 0.6 is 11.8 Å². The minimum absolute atomic E-state index is 0.0887. The van der Waals surface area contributed by atoms with E-state index in [1.165, 1.54) is 17.8 Å². The fourth-order valence-electron chi connectivity index (χ4n) is 1.46. The Bertz CT molecular complexity index is 539. The van der Waals surface area contributed by atoms with Crippen LogP contribution < -0.4 is 0 Å². The minimum atomic E-state index is -4.34. The number of halogens is 3. The molecule has 1 aromatic heterocycles. The summed E-state index contributed by atoms with van der Waals surface area (Å²) in [5.41, 5.74) is 0.191. The first-order valence-corrected chi connectivity index (χ1v) is 6.30. The number of aliphatic hydroxyl groups is 1. The number of rotatable bonds is 4. The molecule has 0 atom stereocenters. The van der Waals surface area contributed by atoms with Gasteiger partial charge in [-0.3, -0.25) is 0 Å². The fourth-order valence-corrected chi connectivity index (χ4v) is 2.28. The SMILES string of the molecule is OCCCSc1nc2ccc(C(F)(F)F)cc2[nH]1. The molecule has 0 spiro atoms. The highest BCUT2D eigenvalue weighted by molar-refractivity contribution is 7.99. The summed E-state index contributed by atoms with van der Waals surface area (Å²) in [5.74, 6) is 0.669. The van der Waals surface area contributed by atoms with Gasteiger partial charge in [0.15, 0.2) is 5.16 Å². The number of aliphatic hydroxyl groups excluding tert-OH is 1. The molecule has 0 aliphatic carbocycles. The molecule has 2 N–H and O–H groups in total. The van der Waals surface area contributed by atoms with Gasteiger partial charge in [0, 0.05) is 12.4 Å². The Morgan fingerprint density at radius 2 is 2.11 bits per heavy atom. The van der Waals surface area contributed by atoms with E-state index in [4.69, 9.17) is 5.11 Å². The Morgan fingerprint density at radius 3 is 2.78 bits per heavy atom. The van der Waals surface area contributed by atoms with Gasteiger partial charge >= 0.3 is 6.18 Å². The van der Waals surface area contributed by atoms with E-state index in [1.54, 1.807) is 0 Å². The number of nitrogens with zero attached hydrogens (tertiary/aromatic N) is 1. The van der Waals surface area contributed by atoms with Gasteiger partial charge in [-0.25, -0.2) is 4.98 Å². The van der Waals surface area contributed by atoms with E-state index in [-0.39, 0.29) is 6.61 Å². The molecule has 0 fully saturated rings. The Kier molecular flexibility index (Phi) is 3.82. The predicted octanol–water partition coefficient (Wildman–Crippen LogP) is 3.06. The molecule has 0 aliphatic rings. The van der Waals surface area contributed by atoms with Crippen LogP contribution in [-0.4, -0.2) is 27.4 Å². The normalized spacial score (nSPS) is 12.2. The summed E-state index contributed by atoms with van der Waals surface area (Å²) in [4.78, 5) is 7.00. The number of thioether (sulfide) groups is 1. The molecule has 0 saturated carbocycles. The molecule has 1 aromatic carbocycles. The van der Waals surface area contributed by atoms with Gasteiger partial charge in [-0.1, -0.05) is 11.8 Å². The Morgan fingerprint density at radius 1 is 1.33 bits per heavy atom. The maximum atomic E-state index is 12.5. The third-order valence-electron chi connectivity index (χ3n) is 2.33. The second-order valence-corrected chi connectivity index (χ2v) is 4.78. The van der Waals surface area contributed by atoms with Crippen molar-refractivity contribution in [2.45, 2.75) is 17.8 Å². The average molecular weight is 276 g/mol. The minimum Gasteiger partial charge on any atom is -0.396 e. The quantitative estimate of drug-likeness (QED) is 0.666. The summed E-state index contributed by atoms with van der Waals surface area (Å²) in [6, 6.07) is 3.43. The van der Waals surface area contributed by atoms with Crippen LogP contribution in [0.15, 0.2) is 23.4 Å². The first-order valence-electron chi connectivity index (χ1n) is 5.31. The first-order chi connectivity index (χ1) is 8.50. The Labute approximate surface area is 105 Å². The van der Waals surface area contributed by atoms with Crippen molar-refractivity contribution in [3.63, 3.8) is 0 Å². The molecule has 0 amide bonds. The van der Waals surface area contributed by atoms with Gasteiger partial charge in [-0.2, -0.15) is 13.2 Å². The summed E-state index contributed by atoms with van der Waals surface area (Å²) in [6.45, 7) is 0.0887. The van der Waals surface area contributed by atoms with Gasteiger partial charge in [0.1, 0.15) is 0 Å². The van der Waals surface area contributed by atoms with E-state index >= 15 is 0 Å². The van der Waals surface area contributed by atoms with Crippen molar-refractivity contribution in [3.8, 4) is 0 Å². The van der Waals surface area contributed by atoms with Crippen LogP contribution in [-0.2, 0) is 6.18 Å². The topological polar surface area (TPSA) is 48.9 Å². The number of benzene rings is 1. The van der Waals surface area contributed by atoms with E-state index in [9.17, 15) is 13.2 Å². The van der Waals surface area contributed by atoms with Gasteiger partial charge in [-0.05, 0) is 24.6 Å². The summed E-state index contributed by atoms with van der Waals surface area (Å²) in [6.07, 6.45) is -3.72. The zero-order valence-corrected chi connectivity index (χ0v) is 10.1. The van der Waals surface area contributed by atoms with Gasteiger partial charge in [-0.15, -0.1) is 0 Å². The van der Waals surface area contributed by atoms with Crippen LogP contribution in [0, 0.1) is 0 Å². The van der Waals surface area contributed by atoms with Crippen molar-refractivity contribution in [1.82, 2.24) is 9.97 Å². The maximum absolute atomic E-state index is 12.5. The molecule has 7 heteroatoms. The van der Waals surface area contributed by atoms with Crippen molar-refractivity contribution in [1.29, 1.82) is 0 Å². The largest absolute Gasteiger partial charge is 0.416 e.